The third kappa shape index (κ3) is 7.11. The van der Waals surface area contributed by atoms with Gasteiger partial charge < -0.3 is 14.6 Å². The molecule has 0 saturated heterocycles. The lowest BCUT2D eigenvalue weighted by Crippen LogP contribution is -2.27. The molecule has 0 spiro atoms. The van der Waals surface area contributed by atoms with Crippen molar-refractivity contribution in [3.63, 3.8) is 0 Å². The third-order valence-corrected chi connectivity index (χ3v) is 6.15. The van der Waals surface area contributed by atoms with Gasteiger partial charge in [0.05, 0.1) is 37.9 Å². The molecule has 0 amide bonds. The van der Waals surface area contributed by atoms with Gasteiger partial charge in [-0.2, -0.15) is 0 Å². The van der Waals surface area contributed by atoms with Crippen molar-refractivity contribution in [3.8, 4) is 5.75 Å². The van der Waals surface area contributed by atoms with Gasteiger partial charge in [0.1, 0.15) is 0 Å². The van der Waals surface area contributed by atoms with E-state index in [1.54, 1.807) is 0 Å². The number of phenols is 1. The molecular formula is C22H28N6O7S. The van der Waals surface area contributed by atoms with Gasteiger partial charge in [-0.05, 0) is 25.2 Å². The van der Waals surface area contributed by atoms with E-state index >= 15 is 0 Å². The Morgan fingerprint density at radius 2 is 1.56 bits per heavy atom. The van der Waals surface area contributed by atoms with Crippen molar-refractivity contribution in [1.29, 1.82) is 0 Å². The van der Waals surface area contributed by atoms with Crippen LogP contribution in [0.5, 0.6) is 5.75 Å². The van der Waals surface area contributed by atoms with Crippen LogP contribution in [-0.4, -0.2) is 59.2 Å². The predicted molar refractivity (Wildman–Crippen MR) is 137 cm³/mol. The monoisotopic (exact) mass is 520 g/mol. The van der Waals surface area contributed by atoms with Gasteiger partial charge in [0.15, 0.2) is 5.16 Å². The van der Waals surface area contributed by atoms with Crippen molar-refractivity contribution in [3.05, 3.63) is 66.7 Å². The average Bonchev–Trinajstić information content (AvgIpc) is 3.16. The van der Waals surface area contributed by atoms with Crippen LogP contribution in [0, 0.1) is 30.3 Å². The number of imidazole rings is 1. The highest BCUT2D eigenvalue weighted by Gasteiger charge is 2.30. The van der Waals surface area contributed by atoms with E-state index in [0.29, 0.717) is 17.4 Å². The molecule has 13 nitrogen and oxygen atoms in total. The summed E-state index contributed by atoms with van der Waals surface area (Å²) in [4.78, 5) is 35.0. The maximum absolute atomic E-state index is 10.4. The van der Waals surface area contributed by atoms with Crippen LogP contribution >= 0.6 is 11.8 Å². The molecule has 2 aromatic carbocycles. The number of benzene rings is 2. The molecule has 36 heavy (non-hydrogen) atoms. The van der Waals surface area contributed by atoms with Gasteiger partial charge >= 0.3 is 11.4 Å². The van der Waals surface area contributed by atoms with E-state index in [1.165, 1.54) is 5.52 Å². The van der Waals surface area contributed by atoms with E-state index in [0.717, 1.165) is 36.9 Å². The molecule has 3 rings (SSSR count). The SMILES string of the molecule is CCN(CC)CCn1c(SC(C)C)nc2ccccc21.O=[N+]([O-])c1cc([N+](=O)[O-])c(O)c([N+](=O)[O-])c1. The summed E-state index contributed by atoms with van der Waals surface area (Å²) in [5.74, 6) is -1.21. The molecular weight excluding hydrogens is 492 g/mol. The summed E-state index contributed by atoms with van der Waals surface area (Å²) in [6, 6.07) is 9.34. The molecule has 3 aromatic rings. The zero-order valence-electron chi connectivity index (χ0n) is 20.4. The standard InChI is InChI=1S/C16H25N3S.C6H3N3O7/c1-5-18(6-2)11-12-19-15-10-8-7-9-14(15)17-16(19)20-13(3)4;10-6-4(8(13)14)1-3(7(11)12)2-5(6)9(15)16/h7-10,13H,5-6,11-12H2,1-4H3;1-2,10H. The van der Waals surface area contributed by atoms with Crippen molar-refractivity contribution >= 4 is 39.9 Å². The van der Waals surface area contributed by atoms with Crippen LogP contribution in [0.2, 0.25) is 0 Å². The van der Waals surface area contributed by atoms with Gasteiger partial charge in [0.2, 0.25) is 0 Å². The number of para-hydroxylation sites is 2. The first kappa shape index (κ1) is 28.5. The first-order valence-corrected chi connectivity index (χ1v) is 12.0. The molecule has 0 radical (unpaired) electrons. The van der Waals surface area contributed by atoms with Crippen LogP contribution in [0.25, 0.3) is 11.0 Å². The first-order chi connectivity index (χ1) is 17.0. The number of likely N-dealkylation sites (N-methyl/N-ethyl adjacent to an activating group) is 1. The number of nitro groups is 3. The van der Waals surface area contributed by atoms with Crippen LogP contribution in [-0.2, 0) is 6.54 Å². The fourth-order valence-electron chi connectivity index (χ4n) is 3.33. The summed E-state index contributed by atoms with van der Waals surface area (Å²) in [7, 11) is 0. The molecule has 0 atom stereocenters. The number of hydrogen-bond acceptors (Lipinski definition) is 10. The molecule has 0 saturated carbocycles. The van der Waals surface area contributed by atoms with Gasteiger partial charge in [-0.25, -0.2) is 4.98 Å². The Labute approximate surface area is 211 Å². The Balaban J connectivity index is 0.000000261. The van der Waals surface area contributed by atoms with Gasteiger partial charge in [0.25, 0.3) is 11.4 Å². The van der Waals surface area contributed by atoms with Crippen molar-refractivity contribution in [1.82, 2.24) is 14.5 Å². The van der Waals surface area contributed by atoms with Crippen molar-refractivity contribution in [2.24, 2.45) is 0 Å². The number of nitro benzene ring substituents is 3. The smallest absolute Gasteiger partial charge is 0.324 e. The van der Waals surface area contributed by atoms with Crippen molar-refractivity contribution < 1.29 is 19.9 Å². The molecule has 1 N–H and O–H groups in total. The molecule has 194 valence electrons. The highest BCUT2D eigenvalue weighted by molar-refractivity contribution is 7.99. The van der Waals surface area contributed by atoms with Crippen LogP contribution < -0.4 is 0 Å². The number of aromatic hydroxyl groups is 1. The van der Waals surface area contributed by atoms with Crippen molar-refractivity contribution in [2.75, 3.05) is 19.6 Å². The zero-order chi connectivity index (χ0) is 27.0. The minimum atomic E-state index is -1.21. The molecule has 0 fully saturated rings. The largest absolute Gasteiger partial charge is 0.497 e. The summed E-state index contributed by atoms with van der Waals surface area (Å²) in [6.07, 6.45) is 0. The molecule has 14 heteroatoms. The Hall–Kier alpha value is -3.78. The molecule has 1 aromatic heterocycles. The lowest BCUT2D eigenvalue weighted by molar-refractivity contribution is -0.404. The predicted octanol–water partition coefficient (Wildman–Crippen LogP) is 5.00. The number of phenolic OH excluding ortho intramolecular Hbond substituents is 1. The second-order valence-corrected chi connectivity index (χ2v) is 9.38. The number of thioether (sulfide) groups is 1. The van der Waals surface area contributed by atoms with Gasteiger partial charge in [0, 0.05) is 18.3 Å². The van der Waals surface area contributed by atoms with E-state index in [4.69, 9.17) is 10.1 Å². The molecule has 1 heterocycles. The number of non-ortho nitro benzene ring substituents is 1. The van der Waals surface area contributed by atoms with Crippen LogP contribution in [0.4, 0.5) is 17.1 Å². The lowest BCUT2D eigenvalue weighted by Gasteiger charge is -2.19. The van der Waals surface area contributed by atoms with Crippen molar-refractivity contribution in [2.45, 2.75) is 44.6 Å². The van der Waals surface area contributed by atoms with Crippen LogP contribution in [0.1, 0.15) is 27.7 Å². The summed E-state index contributed by atoms with van der Waals surface area (Å²) in [5.41, 5.74) is -0.643. The van der Waals surface area contributed by atoms with Crippen LogP contribution in [0.3, 0.4) is 0 Å². The summed E-state index contributed by atoms with van der Waals surface area (Å²) in [5, 5.41) is 41.9. The number of hydrogen-bond donors (Lipinski definition) is 1. The molecule has 0 aliphatic rings. The lowest BCUT2D eigenvalue weighted by atomic mass is 10.2. The average molecular weight is 521 g/mol. The maximum Gasteiger partial charge on any atom is 0.324 e. The van der Waals surface area contributed by atoms with Gasteiger partial charge in [-0.1, -0.05) is 51.6 Å². The third-order valence-electron chi connectivity index (χ3n) is 5.15. The topological polar surface area (TPSA) is 171 Å². The highest BCUT2D eigenvalue weighted by Crippen LogP contribution is 2.39. The van der Waals surface area contributed by atoms with E-state index < -0.39 is 37.6 Å². The zero-order valence-corrected chi connectivity index (χ0v) is 21.2. The minimum Gasteiger partial charge on any atom is -0.497 e. The van der Waals surface area contributed by atoms with Gasteiger partial charge in [-0.15, -0.1) is 0 Å². The molecule has 0 bridgehead atoms. The Kier molecular flexibility index (Phi) is 10.1. The fraction of sp³-hybridized carbons (Fsp3) is 0.409. The van der Waals surface area contributed by atoms with E-state index in [-0.39, 0.29) is 0 Å². The Morgan fingerprint density at radius 1 is 1.00 bits per heavy atom. The summed E-state index contributed by atoms with van der Waals surface area (Å²) >= 11 is 1.85. The normalized spacial score (nSPS) is 10.9. The van der Waals surface area contributed by atoms with Gasteiger partial charge in [-0.3, -0.25) is 30.3 Å². The molecule has 0 unspecified atom stereocenters. The Morgan fingerprint density at radius 3 is 2.03 bits per heavy atom. The quantitative estimate of drug-likeness (QED) is 0.218. The maximum atomic E-state index is 10.4. The number of nitrogens with zero attached hydrogens (tertiary/aromatic N) is 6. The number of rotatable bonds is 10. The van der Waals surface area contributed by atoms with Crippen LogP contribution in [0.15, 0.2) is 41.6 Å². The van der Waals surface area contributed by atoms with E-state index in [2.05, 4.69) is 61.4 Å². The number of fused-ring (bicyclic) bond motifs is 1. The second-order valence-electron chi connectivity index (χ2n) is 7.83. The summed E-state index contributed by atoms with van der Waals surface area (Å²) < 4.78 is 2.37. The van der Waals surface area contributed by atoms with E-state index in [9.17, 15) is 30.3 Å². The first-order valence-electron chi connectivity index (χ1n) is 11.1. The fourth-order valence-corrected chi connectivity index (χ4v) is 4.21. The molecule has 0 aliphatic heterocycles. The second kappa shape index (κ2) is 12.8. The van der Waals surface area contributed by atoms with E-state index in [1.807, 2.05) is 11.8 Å². The minimum absolute atomic E-state index is 0.447. The highest BCUT2D eigenvalue weighted by atomic mass is 32.2. The number of aromatic nitrogens is 2. The molecule has 0 aliphatic carbocycles. The summed E-state index contributed by atoms with van der Waals surface area (Å²) in [6.45, 7) is 13.2. The Bertz CT molecular complexity index is 1210.